The minimum absolute atomic E-state index is 0.0203. The molecule has 0 fully saturated rings. The lowest BCUT2D eigenvalue weighted by molar-refractivity contribution is -0.113. The summed E-state index contributed by atoms with van der Waals surface area (Å²) < 4.78 is 17.4. The number of thioether (sulfide) groups is 1. The van der Waals surface area contributed by atoms with Gasteiger partial charge in [-0.05, 0) is 24.3 Å². The summed E-state index contributed by atoms with van der Waals surface area (Å²) in [6.45, 7) is 0. The SMILES string of the molecule is COc1ccc(NC(=O)CSc2nc3c(cnn3-c3ccccc3OC)c(=O)[nH]2)c(OC)c1. The van der Waals surface area contributed by atoms with E-state index in [9.17, 15) is 9.59 Å². The fraction of sp³-hybridized carbons (Fsp3) is 0.182. The van der Waals surface area contributed by atoms with Gasteiger partial charge in [-0.15, -0.1) is 0 Å². The molecule has 2 aromatic heterocycles. The number of ether oxygens (including phenoxy) is 3. The summed E-state index contributed by atoms with van der Waals surface area (Å²) in [7, 11) is 4.62. The number of carbonyl (C=O) groups is 1. The number of aromatic nitrogens is 4. The van der Waals surface area contributed by atoms with Crippen LogP contribution in [0.3, 0.4) is 0 Å². The predicted octanol–water partition coefficient (Wildman–Crippen LogP) is 2.87. The van der Waals surface area contributed by atoms with Gasteiger partial charge in [0, 0.05) is 6.07 Å². The molecule has 0 unspecified atom stereocenters. The van der Waals surface area contributed by atoms with E-state index < -0.39 is 0 Å². The van der Waals surface area contributed by atoms with Crippen molar-refractivity contribution in [2.75, 3.05) is 32.4 Å². The minimum Gasteiger partial charge on any atom is -0.497 e. The lowest BCUT2D eigenvalue weighted by Gasteiger charge is -2.11. The Morgan fingerprint density at radius 3 is 2.64 bits per heavy atom. The normalized spacial score (nSPS) is 10.8. The number of nitrogens with one attached hydrogen (secondary N) is 2. The first-order valence-electron chi connectivity index (χ1n) is 9.80. The summed E-state index contributed by atoms with van der Waals surface area (Å²) in [5, 5.41) is 7.71. The largest absolute Gasteiger partial charge is 0.497 e. The third-order valence-corrected chi connectivity index (χ3v) is 5.63. The van der Waals surface area contributed by atoms with Crippen LogP contribution < -0.4 is 25.1 Å². The average molecular weight is 468 g/mol. The van der Waals surface area contributed by atoms with E-state index in [2.05, 4.69) is 20.4 Å². The zero-order valence-electron chi connectivity index (χ0n) is 18.1. The number of amides is 1. The van der Waals surface area contributed by atoms with Crippen LogP contribution in [0.5, 0.6) is 17.2 Å². The number of nitrogens with zero attached hydrogens (tertiary/aromatic N) is 3. The number of benzene rings is 2. The van der Waals surface area contributed by atoms with Crippen molar-refractivity contribution in [3.8, 4) is 22.9 Å². The molecule has 33 heavy (non-hydrogen) atoms. The highest BCUT2D eigenvalue weighted by Crippen LogP contribution is 2.29. The van der Waals surface area contributed by atoms with Crippen molar-refractivity contribution >= 4 is 34.4 Å². The molecule has 2 aromatic carbocycles. The number of rotatable bonds is 8. The Labute approximate surface area is 192 Å². The number of methoxy groups -OCH3 is 3. The zero-order chi connectivity index (χ0) is 23.4. The predicted molar refractivity (Wildman–Crippen MR) is 125 cm³/mol. The molecule has 0 spiro atoms. The summed E-state index contributed by atoms with van der Waals surface area (Å²) in [5.74, 6) is 1.41. The fourth-order valence-corrected chi connectivity index (χ4v) is 3.83. The van der Waals surface area contributed by atoms with Gasteiger partial charge >= 0.3 is 0 Å². The van der Waals surface area contributed by atoms with Gasteiger partial charge < -0.3 is 24.5 Å². The number of hydrogen-bond acceptors (Lipinski definition) is 8. The van der Waals surface area contributed by atoms with Crippen molar-refractivity contribution in [3.63, 3.8) is 0 Å². The molecule has 170 valence electrons. The molecule has 11 heteroatoms. The summed E-state index contributed by atoms with van der Waals surface area (Å²) in [5.41, 5.74) is 1.17. The van der Waals surface area contributed by atoms with Crippen molar-refractivity contribution in [3.05, 3.63) is 59.0 Å². The smallest absolute Gasteiger partial charge is 0.262 e. The Morgan fingerprint density at radius 2 is 1.88 bits per heavy atom. The van der Waals surface area contributed by atoms with Crippen molar-refractivity contribution in [2.24, 2.45) is 0 Å². The molecule has 0 radical (unpaired) electrons. The highest BCUT2D eigenvalue weighted by Gasteiger charge is 2.16. The second-order valence-corrected chi connectivity index (χ2v) is 7.70. The van der Waals surface area contributed by atoms with E-state index >= 15 is 0 Å². The molecule has 4 rings (SSSR count). The van der Waals surface area contributed by atoms with E-state index in [4.69, 9.17) is 14.2 Å². The van der Waals surface area contributed by atoms with E-state index in [0.29, 0.717) is 44.8 Å². The van der Waals surface area contributed by atoms with Crippen LogP contribution in [-0.2, 0) is 4.79 Å². The average Bonchev–Trinajstić information content (AvgIpc) is 3.27. The van der Waals surface area contributed by atoms with Crippen LogP contribution in [0.15, 0.2) is 58.6 Å². The Kier molecular flexibility index (Phi) is 6.50. The molecule has 0 aliphatic rings. The van der Waals surface area contributed by atoms with Crippen LogP contribution in [0.4, 0.5) is 5.69 Å². The Bertz CT molecular complexity index is 1370. The first-order chi connectivity index (χ1) is 16.0. The molecule has 0 saturated heterocycles. The number of H-pyrrole nitrogens is 1. The summed E-state index contributed by atoms with van der Waals surface area (Å²) >= 11 is 1.10. The zero-order valence-corrected chi connectivity index (χ0v) is 18.9. The number of anilines is 1. The number of aromatic amines is 1. The van der Waals surface area contributed by atoms with Gasteiger partial charge in [-0.25, -0.2) is 9.67 Å². The van der Waals surface area contributed by atoms with Crippen molar-refractivity contribution in [2.45, 2.75) is 5.16 Å². The van der Waals surface area contributed by atoms with Crippen LogP contribution in [0, 0.1) is 0 Å². The summed E-state index contributed by atoms with van der Waals surface area (Å²) in [6.07, 6.45) is 1.45. The molecule has 0 atom stereocenters. The number of fused-ring (bicyclic) bond motifs is 1. The molecule has 2 N–H and O–H groups in total. The molecule has 0 aliphatic carbocycles. The quantitative estimate of drug-likeness (QED) is 0.300. The molecular weight excluding hydrogens is 446 g/mol. The van der Waals surface area contributed by atoms with Crippen LogP contribution >= 0.6 is 11.8 Å². The van der Waals surface area contributed by atoms with Gasteiger partial charge in [0.2, 0.25) is 5.91 Å². The molecule has 0 bridgehead atoms. The summed E-state index contributed by atoms with van der Waals surface area (Å²) in [6, 6.07) is 12.4. The topological polar surface area (TPSA) is 120 Å². The van der Waals surface area contributed by atoms with Crippen LogP contribution in [0.25, 0.3) is 16.7 Å². The molecule has 2 heterocycles. The Morgan fingerprint density at radius 1 is 1.09 bits per heavy atom. The Hall–Kier alpha value is -3.99. The maximum Gasteiger partial charge on any atom is 0.262 e. The van der Waals surface area contributed by atoms with Crippen LogP contribution in [-0.4, -0.2) is 52.7 Å². The number of hydrogen-bond donors (Lipinski definition) is 2. The molecule has 0 saturated carbocycles. The monoisotopic (exact) mass is 467 g/mol. The second-order valence-electron chi connectivity index (χ2n) is 6.74. The van der Waals surface area contributed by atoms with Crippen LogP contribution in [0.2, 0.25) is 0 Å². The van der Waals surface area contributed by atoms with Gasteiger partial charge in [0.1, 0.15) is 28.3 Å². The lowest BCUT2D eigenvalue weighted by atomic mass is 10.2. The third-order valence-electron chi connectivity index (χ3n) is 4.75. The number of carbonyl (C=O) groups excluding carboxylic acids is 1. The van der Waals surface area contributed by atoms with Gasteiger partial charge in [-0.3, -0.25) is 9.59 Å². The first kappa shape index (κ1) is 22.2. The van der Waals surface area contributed by atoms with E-state index in [-0.39, 0.29) is 17.2 Å². The Balaban J connectivity index is 1.55. The van der Waals surface area contributed by atoms with Crippen molar-refractivity contribution in [1.82, 2.24) is 19.7 Å². The maximum atomic E-state index is 12.6. The standard InChI is InChI=1S/C22H21N5O5S/c1-30-13-8-9-15(18(10-13)32-3)24-19(28)12-33-22-25-20-14(21(29)26-22)11-23-27(20)16-6-4-5-7-17(16)31-2/h4-11H,12H2,1-3H3,(H,24,28)(H,25,26,29). The van der Waals surface area contributed by atoms with E-state index in [1.807, 2.05) is 18.2 Å². The molecule has 1 amide bonds. The van der Waals surface area contributed by atoms with E-state index in [1.54, 1.807) is 38.5 Å². The van der Waals surface area contributed by atoms with Gasteiger partial charge in [0.25, 0.3) is 5.56 Å². The van der Waals surface area contributed by atoms with Gasteiger partial charge in [0.15, 0.2) is 10.8 Å². The maximum absolute atomic E-state index is 12.6. The van der Waals surface area contributed by atoms with Gasteiger partial charge in [-0.1, -0.05) is 23.9 Å². The van der Waals surface area contributed by atoms with E-state index in [0.717, 1.165) is 11.8 Å². The molecule has 10 nitrogen and oxygen atoms in total. The first-order valence-corrected chi connectivity index (χ1v) is 10.8. The minimum atomic E-state index is -0.346. The van der Waals surface area contributed by atoms with Crippen LogP contribution in [0.1, 0.15) is 0 Å². The fourth-order valence-electron chi connectivity index (χ4n) is 3.17. The summed E-state index contributed by atoms with van der Waals surface area (Å²) in [4.78, 5) is 32.3. The number of para-hydroxylation sites is 2. The highest BCUT2D eigenvalue weighted by molar-refractivity contribution is 7.99. The van der Waals surface area contributed by atoms with Gasteiger partial charge in [-0.2, -0.15) is 5.10 Å². The molecular formula is C22H21N5O5S. The van der Waals surface area contributed by atoms with E-state index in [1.165, 1.54) is 18.0 Å². The van der Waals surface area contributed by atoms with Crippen molar-refractivity contribution in [1.29, 1.82) is 0 Å². The molecule has 4 aromatic rings. The third kappa shape index (κ3) is 4.62. The lowest BCUT2D eigenvalue weighted by Crippen LogP contribution is -2.16. The van der Waals surface area contributed by atoms with Gasteiger partial charge in [0.05, 0.1) is 39.0 Å². The second kappa shape index (κ2) is 9.65. The highest BCUT2D eigenvalue weighted by atomic mass is 32.2. The van der Waals surface area contributed by atoms with Crippen molar-refractivity contribution < 1.29 is 19.0 Å². The molecule has 0 aliphatic heterocycles.